The first-order valence-corrected chi connectivity index (χ1v) is 6.70. The zero-order valence-corrected chi connectivity index (χ0v) is 11.3. The molecule has 19 heavy (non-hydrogen) atoms. The minimum atomic E-state index is -0.122. The minimum Gasteiger partial charge on any atom is -0.469 e. The molecule has 100 valence electrons. The number of fused-ring (bicyclic) bond motifs is 1. The molecule has 2 rings (SSSR count). The molecule has 1 aromatic carbocycles. The van der Waals surface area contributed by atoms with Gasteiger partial charge in [0.25, 0.3) is 0 Å². The predicted octanol–water partition coefficient (Wildman–Crippen LogP) is 3.51. The number of pyridine rings is 1. The fourth-order valence-corrected chi connectivity index (χ4v) is 2.22. The summed E-state index contributed by atoms with van der Waals surface area (Å²) in [7, 11) is 1.43. The third-order valence-electron chi connectivity index (χ3n) is 3.28. The molecule has 0 aliphatic carbocycles. The lowest BCUT2D eigenvalue weighted by Gasteiger charge is -2.05. The number of carbonyl (C=O) groups is 1. The lowest BCUT2D eigenvalue weighted by atomic mass is 10.0. The van der Waals surface area contributed by atoms with Crippen molar-refractivity contribution in [3.63, 3.8) is 0 Å². The number of aryl methyl sites for hydroxylation is 1. The second-order valence-corrected chi connectivity index (χ2v) is 4.62. The highest BCUT2D eigenvalue weighted by Gasteiger charge is 2.03. The summed E-state index contributed by atoms with van der Waals surface area (Å²) < 4.78 is 4.62. The third kappa shape index (κ3) is 3.78. The summed E-state index contributed by atoms with van der Waals surface area (Å²) in [5.74, 6) is -0.122. The Morgan fingerprint density at radius 2 is 2.00 bits per heavy atom. The summed E-state index contributed by atoms with van der Waals surface area (Å²) in [4.78, 5) is 15.4. The molecule has 0 spiro atoms. The second-order valence-electron chi connectivity index (χ2n) is 4.62. The van der Waals surface area contributed by atoms with E-state index in [9.17, 15) is 4.79 Å². The van der Waals surface area contributed by atoms with Crippen LogP contribution in [-0.2, 0) is 16.0 Å². The van der Waals surface area contributed by atoms with Crippen molar-refractivity contribution in [3.05, 3.63) is 42.2 Å². The third-order valence-corrected chi connectivity index (χ3v) is 3.28. The fourth-order valence-electron chi connectivity index (χ4n) is 2.22. The van der Waals surface area contributed by atoms with Crippen LogP contribution in [0.15, 0.2) is 36.5 Å². The number of hydrogen-bond donors (Lipinski definition) is 0. The topological polar surface area (TPSA) is 39.2 Å². The average Bonchev–Trinajstić information content (AvgIpc) is 2.46. The zero-order valence-electron chi connectivity index (χ0n) is 11.3. The van der Waals surface area contributed by atoms with Crippen LogP contribution in [-0.4, -0.2) is 18.1 Å². The van der Waals surface area contributed by atoms with Crippen LogP contribution in [0, 0.1) is 0 Å². The highest BCUT2D eigenvalue weighted by atomic mass is 16.5. The maximum absolute atomic E-state index is 11.0. The molecule has 0 amide bonds. The summed E-state index contributed by atoms with van der Waals surface area (Å²) in [6.45, 7) is 0. The maximum Gasteiger partial charge on any atom is 0.305 e. The molecular formula is C16H19NO2. The first kappa shape index (κ1) is 13.5. The van der Waals surface area contributed by atoms with Gasteiger partial charge in [0.2, 0.25) is 0 Å². The van der Waals surface area contributed by atoms with Crippen LogP contribution in [0.25, 0.3) is 10.8 Å². The summed E-state index contributed by atoms with van der Waals surface area (Å²) in [5.41, 5.74) is 1.15. The Balaban J connectivity index is 1.86. The van der Waals surface area contributed by atoms with Crippen molar-refractivity contribution in [2.45, 2.75) is 32.1 Å². The van der Waals surface area contributed by atoms with Gasteiger partial charge in [-0.25, -0.2) is 0 Å². The molecule has 0 radical (unpaired) electrons. The largest absolute Gasteiger partial charge is 0.469 e. The number of hydrogen-bond acceptors (Lipinski definition) is 3. The standard InChI is InChI=1S/C16H19NO2/c1-19-16(18)10-4-2-3-9-15-14-8-6-5-7-13(14)11-12-17-15/h5-8,11-12H,2-4,9-10H2,1H3. The highest BCUT2D eigenvalue weighted by molar-refractivity contribution is 5.84. The Morgan fingerprint density at radius 1 is 1.16 bits per heavy atom. The summed E-state index contributed by atoms with van der Waals surface area (Å²) in [6.07, 6.45) is 6.31. The van der Waals surface area contributed by atoms with Gasteiger partial charge in [-0.1, -0.05) is 30.7 Å². The molecule has 0 saturated heterocycles. The molecule has 0 bridgehead atoms. The van der Waals surface area contributed by atoms with Crippen molar-refractivity contribution in [1.82, 2.24) is 4.98 Å². The van der Waals surface area contributed by atoms with Crippen molar-refractivity contribution in [2.75, 3.05) is 7.11 Å². The number of carbonyl (C=O) groups excluding carboxylic acids is 1. The van der Waals surface area contributed by atoms with Gasteiger partial charge in [-0.05, 0) is 30.7 Å². The van der Waals surface area contributed by atoms with Gasteiger partial charge in [0.1, 0.15) is 0 Å². The summed E-state index contributed by atoms with van der Waals surface area (Å²) >= 11 is 0. The van der Waals surface area contributed by atoms with E-state index in [1.54, 1.807) is 0 Å². The maximum atomic E-state index is 11.0. The minimum absolute atomic E-state index is 0.122. The van der Waals surface area contributed by atoms with E-state index in [-0.39, 0.29) is 5.97 Å². The quantitative estimate of drug-likeness (QED) is 0.587. The number of methoxy groups -OCH3 is 1. The van der Waals surface area contributed by atoms with Crippen molar-refractivity contribution < 1.29 is 9.53 Å². The van der Waals surface area contributed by atoms with Gasteiger partial charge in [-0.15, -0.1) is 0 Å². The van der Waals surface area contributed by atoms with E-state index in [1.807, 2.05) is 24.4 Å². The Hall–Kier alpha value is -1.90. The van der Waals surface area contributed by atoms with E-state index >= 15 is 0 Å². The zero-order chi connectivity index (χ0) is 13.5. The van der Waals surface area contributed by atoms with Crippen molar-refractivity contribution in [3.8, 4) is 0 Å². The molecule has 0 atom stereocenters. The first-order valence-electron chi connectivity index (χ1n) is 6.70. The number of aromatic nitrogens is 1. The molecule has 0 saturated carbocycles. The van der Waals surface area contributed by atoms with Crippen LogP contribution >= 0.6 is 0 Å². The summed E-state index contributed by atoms with van der Waals surface area (Å²) in [5, 5.41) is 2.47. The van der Waals surface area contributed by atoms with E-state index in [1.165, 1.54) is 17.9 Å². The van der Waals surface area contributed by atoms with Gasteiger partial charge in [0.15, 0.2) is 0 Å². The van der Waals surface area contributed by atoms with Gasteiger partial charge in [-0.2, -0.15) is 0 Å². The van der Waals surface area contributed by atoms with Crippen molar-refractivity contribution in [2.24, 2.45) is 0 Å². The normalized spacial score (nSPS) is 10.6. The highest BCUT2D eigenvalue weighted by Crippen LogP contribution is 2.18. The molecule has 0 aliphatic heterocycles. The Labute approximate surface area is 113 Å². The number of nitrogens with zero attached hydrogens (tertiary/aromatic N) is 1. The lowest BCUT2D eigenvalue weighted by molar-refractivity contribution is -0.140. The molecule has 3 heteroatoms. The van der Waals surface area contributed by atoms with Crippen LogP contribution in [0.3, 0.4) is 0 Å². The van der Waals surface area contributed by atoms with Gasteiger partial charge in [-0.3, -0.25) is 9.78 Å². The predicted molar refractivity (Wildman–Crippen MR) is 75.9 cm³/mol. The van der Waals surface area contributed by atoms with Gasteiger partial charge >= 0.3 is 5.97 Å². The molecule has 0 unspecified atom stereocenters. The number of esters is 1. The van der Waals surface area contributed by atoms with Crippen molar-refractivity contribution in [1.29, 1.82) is 0 Å². The van der Waals surface area contributed by atoms with E-state index in [2.05, 4.69) is 21.9 Å². The SMILES string of the molecule is COC(=O)CCCCCc1nccc2ccccc12. The van der Waals surface area contributed by atoms with Crippen LogP contribution in [0.1, 0.15) is 31.4 Å². The number of unbranched alkanes of at least 4 members (excludes halogenated alkanes) is 2. The Kier molecular flexibility index (Phi) is 4.90. The molecule has 0 aliphatic rings. The van der Waals surface area contributed by atoms with E-state index in [0.717, 1.165) is 31.4 Å². The van der Waals surface area contributed by atoms with Crippen LogP contribution < -0.4 is 0 Å². The van der Waals surface area contributed by atoms with Crippen molar-refractivity contribution >= 4 is 16.7 Å². The second kappa shape index (κ2) is 6.88. The van der Waals surface area contributed by atoms with Crippen LogP contribution in [0.4, 0.5) is 0 Å². The van der Waals surface area contributed by atoms with Gasteiger partial charge in [0, 0.05) is 23.7 Å². The van der Waals surface area contributed by atoms with Crippen LogP contribution in [0.2, 0.25) is 0 Å². The molecular weight excluding hydrogens is 238 g/mol. The van der Waals surface area contributed by atoms with Gasteiger partial charge in [0.05, 0.1) is 7.11 Å². The monoisotopic (exact) mass is 257 g/mol. The smallest absolute Gasteiger partial charge is 0.305 e. The van der Waals surface area contributed by atoms with E-state index in [4.69, 9.17) is 0 Å². The summed E-state index contributed by atoms with van der Waals surface area (Å²) in [6, 6.07) is 10.4. The lowest BCUT2D eigenvalue weighted by Crippen LogP contribution is -1.99. The van der Waals surface area contributed by atoms with Crippen LogP contribution in [0.5, 0.6) is 0 Å². The number of rotatable bonds is 6. The molecule has 1 heterocycles. The molecule has 1 aromatic heterocycles. The van der Waals surface area contributed by atoms with E-state index < -0.39 is 0 Å². The Bertz CT molecular complexity index is 546. The molecule has 0 fully saturated rings. The van der Waals surface area contributed by atoms with Gasteiger partial charge < -0.3 is 4.74 Å². The molecule has 2 aromatic rings. The Morgan fingerprint density at radius 3 is 2.84 bits per heavy atom. The number of benzene rings is 1. The molecule has 0 N–H and O–H groups in total. The fraction of sp³-hybridized carbons (Fsp3) is 0.375. The number of ether oxygens (including phenoxy) is 1. The van der Waals surface area contributed by atoms with E-state index in [0.29, 0.717) is 6.42 Å². The average molecular weight is 257 g/mol. The first-order chi connectivity index (χ1) is 9.31. The molecule has 3 nitrogen and oxygen atoms in total.